The van der Waals surface area contributed by atoms with Crippen molar-refractivity contribution >= 4 is 39.7 Å². The summed E-state index contributed by atoms with van der Waals surface area (Å²) in [6.07, 6.45) is 4.57. The standard InChI is InChI=1S/C29H35N9O2S2/c30-9-20-22-26(42-23(20)32)41-17-29(22)14-38(15-29)25-21(10-31)24(37-11-18-1-2-19(12-37)33-18)34-27(35-25)40-16-28(3-4-28)13-36-5-7-39-8-6-36/h18-19,33H,1-8,11-17,32H2. The molecular formula is C29H35N9O2S2. The zero-order valence-electron chi connectivity index (χ0n) is 23.6. The first-order valence-electron chi connectivity index (χ1n) is 14.9. The van der Waals surface area contributed by atoms with E-state index in [4.69, 9.17) is 25.2 Å². The number of thiophene rings is 1. The van der Waals surface area contributed by atoms with Crippen molar-refractivity contribution in [3.05, 3.63) is 16.7 Å². The van der Waals surface area contributed by atoms with Crippen molar-refractivity contribution < 1.29 is 9.47 Å². The van der Waals surface area contributed by atoms with Crippen LogP contribution in [0, 0.1) is 28.1 Å². The van der Waals surface area contributed by atoms with Crippen LogP contribution < -0.4 is 25.6 Å². The lowest BCUT2D eigenvalue weighted by Gasteiger charge is -2.49. The number of aromatic nitrogens is 2. The lowest BCUT2D eigenvalue weighted by atomic mass is 9.75. The van der Waals surface area contributed by atoms with Crippen LogP contribution in [0.5, 0.6) is 6.01 Å². The van der Waals surface area contributed by atoms with Crippen LogP contribution in [-0.2, 0) is 10.2 Å². The summed E-state index contributed by atoms with van der Waals surface area (Å²) in [4.78, 5) is 16.8. The SMILES string of the molecule is N#Cc1c(N2CC3CCC(C2)N3)nc(OCC2(CN3CCOCC3)CC2)nc1N1CC2(CSc3sc(N)c(C#N)c32)C1. The Morgan fingerprint density at radius 1 is 1.02 bits per heavy atom. The van der Waals surface area contributed by atoms with Gasteiger partial charge in [0, 0.05) is 80.0 Å². The van der Waals surface area contributed by atoms with Crippen LogP contribution in [0.25, 0.3) is 0 Å². The summed E-state index contributed by atoms with van der Waals surface area (Å²) in [6, 6.07) is 6.01. The Morgan fingerprint density at radius 2 is 1.71 bits per heavy atom. The largest absolute Gasteiger partial charge is 0.463 e. The van der Waals surface area contributed by atoms with Crippen LogP contribution in [0.4, 0.5) is 16.6 Å². The highest BCUT2D eigenvalue weighted by molar-refractivity contribution is 8.01. The first kappa shape index (κ1) is 26.8. The Bertz CT molecular complexity index is 1470. The van der Waals surface area contributed by atoms with E-state index in [1.165, 1.54) is 11.3 Å². The maximum absolute atomic E-state index is 10.5. The molecule has 1 aliphatic carbocycles. The molecule has 220 valence electrons. The Kier molecular flexibility index (Phi) is 6.47. The number of hydrogen-bond donors (Lipinski definition) is 2. The van der Waals surface area contributed by atoms with Crippen LogP contribution in [0.3, 0.4) is 0 Å². The second kappa shape index (κ2) is 10.1. The van der Waals surface area contributed by atoms with Crippen LogP contribution in [-0.4, -0.2) is 98.3 Å². The van der Waals surface area contributed by atoms with Crippen molar-refractivity contribution in [3.63, 3.8) is 0 Å². The minimum atomic E-state index is -0.150. The Morgan fingerprint density at radius 3 is 2.38 bits per heavy atom. The molecule has 1 spiro atoms. The van der Waals surface area contributed by atoms with E-state index in [0.717, 1.165) is 87.1 Å². The maximum Gasteiger partial charge on any atom is 0.320 e. The number of anilines is 3. The molecule has 5 aliphatic heterocycles. The highest BCUT2D eigenvalue weighted by Gasteiger charge is 2.53. The van der Waals surface area contributed by atoms with E-state index < -0.39 is 0 Å². The van der Waals surface area contributed by atoms with Gasteiger partial charge in [0.15, 0.2) is 11.6 Å². The Balaban J connectivity index is 1.09. The number of rotatable bonds is 7. The monoisotopic (exact) mass is 605 g/mol. The van der Waals surface area contributed by atoms with Crippen molar-refractivity contribution in [2.75, 3.05) is 86.9 Å². The van der Waals surface area contributed by atoms with E-state index in [9.17, 15) is 10.5 Å². The van der Waals surface area contributed by atoms with Crippen LogP contribution in [0.2, 0.25) is 0 Å². The van der Waals surface area contributed by atoms with Gasteiger partial charge in [-0.3, -0.25) is 4.90 Å². The molecule has 8 rings (SSSR count). The third kappa shape index (κ3) is 4.49. The van der Waals surface area contributed by atoms with Gasteiger partial charge < -0.3 is 30.3 Å². The van der Waals surface area contributed by atoms with Gasteiger partial charge in [-0.05, 0) is 25.7 Å². The number of fused-ring (bicyclic) bond motifs is 4. The number of piperazine rings is 1. The van der Waals surface area contributed by atoms with Gasteiger partial charge in [0.25, 0.3) is 0 Å². The minimum Gasteiger partial charge on any atom is -0.463 e. The van der Waals surface area contributed by atoms with Crippen molar-refractivity contribution in [2.45, 2.75) is 47.4 Å². The maximum atomic E-state index is 10.5. The van der Waals surface area contributed by atoms with Gasteiger partial charge >= 0.3 is 6.01 Å². The molecule has 2 aromatic rings. The van der Waals surface area contributed by atoms with Gasteiger partial charge in [0.2, 0.25) is 0 Å². The molecule has 3 N–H and O–H groups in total. The van der Waals surface area contributed by atoms with Crippen molar-refractivity contribution in [1.82, 2.24) is 20.2 Å². The summed E-state index contributed by atoms with van der Waals surface area (Å²) in [7, 11) is 0. The number of morpholine rings is 1. The second-order valence-corrected chi connectivity index (χ2v) is 15.2. The first-order valence-corrected chi connectivity index (χ1v) is 16.7. The number of nitrogens with zero attached hydrogens (tertiary/aromatic N) is 7. The summed E-state index contributed by atoms with van der Waals surface area (Å²) in [6.45, 7) is 8.13. The predicted octanol–water partition coefficient (Wildman–Crippen LogP) is 2.16. The van der Waals surface area contributed by atoms with Gasteiger partial charge in [0.05, 0.1) is 29.6 Å². The first-order chi connectivity index (χ1) is 20.5. The van der Waals surface area contributed by atoms with E-state index in [1.807, 2.05) is 0 Å². The fourth-order valence-corrected chi connectivity index (χ4v) is 10.2. The van der Waals surface area contributed by atoms with Crippen LogP contribution in [0.15, 0.2) is 4.21 Å². The number of nitrogen functional groups attached to an aromatic ring is 1. The molecule has 0 amide bonds. The smallest absolute Gasteiger partial charge is 0.320 e. The van der Waals surface area contributed by atoms with Gasteiger partial charge in [-0.2, -0.15) is 20.5 Å². The fraction of sp³-hybridized carbons (Fsp3) is 0.655. The molecule has 5 fully saturated rings. The Labute approximate surface area is 254 Å². The summed E-state index contributed by atoms with van der Waals surface area (Å²) in [5, 5.41) is 24.6. The predicted molar refractivity (Wildman–Crippen MR) is 161 cm³/mol. The molecule has 4 saturated heterocycles. The lowest BCUT2D eigenvalue weighted by Crippen LogP contribution is -2.60. The summed E-state index contributed by atoms with van der Waals surface area (Å²) >= 11 is 3.31. The van der Waals surface area contributed by atoms with Gasteiger partial charge in [-0.25, -0.2) is 0 Å². The number of nitriles is 2. The third-order valence-electron chi connectivity index (χ3n) is 9.92. The molecule has 42 heavy (non-hydrogen) atoms. The Hall–Kier alpha value is -2.81. The minimum absolute atomic E-state index is 0.133. The molecule has 2 aromatic heterocycles. The molecule has 2 atom stereocenters. The van der Waals surface area contributed by atoms with Gasteiger partial charge in [0.1, 0.15) is 22.7 Å². The number of hydrogen-bond acceptors (Lipinski definition) is 13. The van der Waals surface area contributed by atoms with E-state index in [-0.39, 0.29) is 10.8 Å². The van der Waals surface area contributed by atoms with Crippen molar-refractivity contribution in [2.24, 2.45) is 5.41 Å². The second-order valence-electron chi connectivity index (χ2n) is 12.9. The lowest BCUT2D eigenvalue weighted by molar-refractivity contribution is 0.0231. The van der Waals surface area contributed by atoms with E-state index in [0.29, 0.717) is 65.6 Å². The molecule has 2 bridgehead atoms. The molecule has 6 aliphatic rings. The van der Waals surface area contributed by atoms with E-state index in [1.54, 1.807) is 11.8 Å². The molecule has 11 nitrogen and oxygen atoms in total. The fourth-order valence-electron chi connectivity index (χ4n) is 7.47. The summed E-state index contributed by atoms with van der Waals surface area (Å²) in [5.74, 6) is 2.25. The van der Waals surface area contributed by atoms with E-state index >= 15 is 0 Å². The molecule has 13 heteroatoms. The van der Waals surface area contributed by atoms with Crippen LogP contribution >= 0.6 is 23.1 Å². The van der Waals surface area contributed by atoms with Gasteiger partial charge in [-0.15, -0.1) is 23.1 Å². The molecular weight excluding hydrogens is 571 g/mol. The average Bonchev–Trinajstić information content (AvgIpc) is 3.35. The number of ether oxygens (including phenoxy) is 2. The zero-order valence-corrected chi connectivity index (χ0v) is 25.2. The molecule has 2 unspecified atom stereocenters. The molecule has 0 aromatic carbocycles. The quantitative estimate of drug-likeness (QED) is 0.478. The van der Waals surface area contributed by atoms with E-state index in [2.05, 4.69) is 32.2 Å². The summed E-state index contributed by atoms with van der Waals surface area (Å²) in [5.41, 5.74) is 8.42. The van der Waals surface area contributed by atoms with Gasteiger partial charge in [-0.1, -0.05) is 0 Å². The topological polar surface area (TPSA) is 140 Å². The normalized spacial score (nSPS) is 26.9. The average molecular weight is 606 g/mol. The molecule has 7 heterocycles. The zero-order chi connectivity index (χ0) is 28.5. The highest BCUT2D eigenvalue weighted by Crippen LogP contribution is 2.56. The highest BCUT2D eigenvalue weighted by atomic mass is 32.2. The number of nitrogens with two attached hydrogens (primary N) is 1. The molecule has 1 saturated carbocycles. The number of thioether (sulfide) groups is 1. The van der Waals surface area contributed by atoms with Crippen molar-refractivity contribution in [3.8, 4) is 18.1 Å². The van der Waals surface area contributed by atoms with Crippen LogP contribution in [0.1, 0.15) is 42.4 Å². The number of nitrogens with one attached hydrogen (secondary N) is 1. The van der Waals surface area contributed by atoms with Crippen molar-refractivity contribution in [1.29, 1.82) is 10.5 Å². The third-order valence-corrected chi connectivity index (χ3v) is 12.5. The molecule has 0 radical (unpaired) electrons. The summed E-state index contributed by atoms with van der Waals surface area (Å²) < 4.78 is 13.1.